The molecule has 7 heteroatoms. The van der Waals surface area contributed by atoms with Gasteiger partial charge in [0.05, 0.1) is 5.75 Å². The van der Waals surface area contributed by atoms with Gasteiger partial charge in [0, 0.05) is 18.5 Å². The van der Waals surface area contributed by atoms with Crippen LogP contribution >= 0.6 is 11.8 Å². The summed E-state index contributed by atoms with van der Waals surface area (Å²) in [5.41, 5.74) is 0. The lowest BCUT2D eigenvalue weighted by Crippen LogP contribution is -2.43. The highest BCUT2D eigenvalue weighted by Crippen LogP contribution is 2.17. The number of nitrogens with zero attached hydrogens (tertiary/aromatic N) is 3. The Kier molecular flexibility index (Phi) is 7.31. The van der Waals surface area contributed by atoms with Gasteiger partial charge in [-0.2, -0.15) is 0 Å². The number of anilines is 1. The minimum atomic E-state index is -0.102. The maximum absolute atomic E-state index is 12.3. The van der Waals surface area contributed by atoms with Gasteiger partial charge in [-0.25, -0.2) is 0 Å². The van der Waals surface area contributed by atoms with Crippen LogP contribution in [0.25, 0.3) is 0 Å². The lowest BCUT2D eigenvalue weighted by Gasteiger charge is -2.30. The Labute approximate surface area is 136 Å². The third kappa shape index (κ3) is 5.63. The van der Waals surface area contributed by atoms with Crippen LogP contribution in [0.2, 0.25) is 0 Å². The molecular weight excluding hydrogens is 300 g/mol. The summed E-state index contributed by atoms with van der Waals surface area (Å²) in [6, 6.07) is 3.79. The smallest absolute Gasteiger partial charge is 0.233 e. The molecule has 0 fully saturated rings. The van der Waals surface area contributed by atoms with Crippen molar-refractivity contribution in [2.75, 3.05) is 11.1 Å². The fourth-order valence-electron chi connectivity index (χ4n) is 2.08. The molecule has 0 unspecified atom stereocenters. The summed E-state index contributed by atoms with van der Waals surface area (Å²) >= 11 is 1.35. The van der Waals surface area contributed by atoms with E-state index in [1.165, 1.54) is 11.8 Å². The van der Waals surface area contributed by atoms with Gasteiger partial charge in [-0.05, 0) is 39.8 Å². The van der Waals surface area contributed by atoms with Crippen LogP contribution in [0, 0.1) is 0 Å². The van der Waals surface area contributed by atoms with Crippen molar-refractivity contribution in [1.82, 2.24) is 15.1 Å². The van der Waals surface area contributed by atoms with Crippen molar-refractivity contribution in [3.8, 4) is 0 Å². The largest absolute Gasteiger partial charge is 0.337 e. The van der Waals surface area contributed by atoms with E-state index < -0.39 is 0 Å². The first-order valence-corrected chi connectivity index (χ1v) is 8.41. The molecule has 0 aliphatic rings. The molecule has 1 heterocycles. The molecule has 0 radical (unpaired) electrons. The molecule has 6 nitrogen and oxygen atoms in total. The van der Waals surface area contributed by atoms with E-state index in [9.17, 15) is 9.59 Å². The molecular formula is C15H24N4O2S. The van der Waals surface area contributed by atoms with Gasteiger partial charge in [-0.15, -0.1) is 10.2 Å². The topological polar surface area (TPSA) is 75.2 Å². The first-order valence-electron chi connectivity index (χ1n) is 7.42. The van der Waals surface area contributed by atoms with Crippen molar-refractivity contribution in [3.05, 3.63) is 12.1 Å². The number of carbonyl (C=O) groups excluding carboxylic acids is 2. The zero-order chi connectivity index (χ0) is 16.7. The van der Waals surface area contributed by atoms with E-state index in [4.69, 9.17) is 0 Å². The number of aromatic nitrogens is 2. The molecule has 122 valence electrons. The maximum atomic E-state index is 12.3. The van der Waals surface area contributed by atoms with Crippen LogP contribution in [0.1, 0.15) is 41.0 Å². The fourth-order valence-corrected chi connectivity index (χ4v) is 2.76. The van der Waals surface area contributed by atoms with Crippen molar-refractivity contribution in [2.24, 2.45) is 0 Å². The predicted molar refractivity (Wildman–Crippen MR) is 88.8 cm³/mol. The minimum Gasteiger partial charge on any atom is -0.337 e. The van der Waals surface area contributed by atoms with E-state index in [2.05, 4.69) is 15.5 Å². The van der Waals surface area contributed by atoms with Crippen LogP contribution in [-0.4, -0.2) is 44.7 Å². The van der Waals surface area contributed by atoms with Gasteiger partial charge < -0.3 is 10.2 Å². The molecule has 0 saturated heterocycles. The highest BCUT2D eigenvalue weighted by atomic mass is 32.2. The SMILES string of the molecule is CCC(=O)Nc1ccc(SCC(=O)N(C(C)C)C(C)C)nn1. The average Bonchev–Trinajstić information content (AvgIpc) is 2.45. The van der Waals surface area contributed by atoms with Gasteiger partial charge >= 0.3 is 0 Å². The van der Waals surface area contributed by atoms with Crippen LogP contribution in [0.5, 0.6) is 0 Å². The number of hydrogen-bond acceptors (Lipinski definition) is 5. The Morgan fingerprint density at radius 2 is 1.82 bits per heavy atom. The molecule has 0 saturated carbocycles. The monoisotopic (exact) mass is 324 g/mol. The first-order chi connectivity index (χ1) is 10.3. The van der Waals surface area contributed by atoms with Crippen LogP contribution in [0.3, 0.4) is 0 Å². The molecule has 0 aliphatic carbocycles. The van der Waals surface area contributed by atoms with Crippen molar-refractivity contribution < 1.29 is 9.59 Å². The summed E-state index contributed by atoms with van der Waals surface area (Å²) in [5.74, 6) is 0.731. The summed E-state index contributed by atoms with van der Waals surface area (Å²) < 4.78 is 0. The van der Waals surface area contributed by atoms with Gasteiger partial charge in [0.2, 0.25) is 11.8 Å². The van der Waals surface area contributed by atoms with Gasteiger partial charge in [-0.1, -0.05) is 18.7 Å². The van der Waals surface area contributed by atoms with Crippen molar-refractivity contribution in [1.29, 1.82) is 0 Å². The third-order valence-electron chi connectivity index (χ3n) is 2.97. The normalized spacial score (nSPS) is 10.9. The number of carbonyl (C=O) groups is 2. The summed E-state index contributed by atoms with van der Waals surface area (Å²) in [6.45, 7) is 9.80. The quantitative estimate of drug-likeness (QED) is 0.780. The molecule has 1 rings (SSSR count). The molecule has 22 heavy (non-hydrogen) atoms. The van der Waals surface area contributed by atoms with Gasteiger partial charge in [0.25, 0.3) is 0 Å². The van der Waals surface area contributed by atoms with E-state index >= 15 is 0 Å². The third-order valence-corrected chi connectivity index (χ3v) is 3.88. The molecule has 1 aromatic rings. The Bertz CT molecular complexity index is 495. The van der Waals surface area contributed by atoms with E-state index in [-0.39, 0.29) is 23.9 Å². The van der Waals surface area contributed by atoms with Gasteiger partial charge in [-0.3, -0.25) is 9.59 Å². The highest BCUT2D eigenvalue weighted by molar-refractivity contribution is 7.99. The molecule has 0 spiro atoms. The number of hydrogen-bond donors (Lipinski definition) is 1. The van der Waals surface area contributed by atoms with E-state index in [0.717, 1.165) is 0 Å². The summed E-state index contributed by atoms with van der Waals surface area (Å²) in [7, 11) is 0. The molecule has 0 aliphatic heterocycles. The molecule has 0 bridgehead atoms. The number of thioether (sulfide) groups is 1. The lowest BCUT2D eigenvalue weighted by molar-refractivity contribution is -0.131. The number of amides is 2. The summed E-state index contributed by atoms with van der Waals surface area (Å²) in [5, 5.41) is 11.2. The Morgan fingerprint density at radius 1 is 1.18 bits per heavy atom. The van der Waals surface area contributed by atoms with Crippen LogP contribution < -0.4 is 5.32 Å². The Morgan fingerprint density at radius 3 is 2.27 bits per heavy atom. The number of rotatable bonds is 7. The summed E-state index contributed by atoms with van der Waals surface area (Å²) in [4.78, 5) is 25.4. The van der Waals surface area contributed by atoms with Crippen LogP contribution in [0.15, 0.2) is 17.2 Å². The summed E-state index contributed by atoms with van der Waals surface area (Å²) in [6.07, 6.45) is 0.396. The van der Waals surface area contributed by atoms with E-state index in [1.54, 1.807) is 19.1 Å². The maximum Gasteiger partial charge on any atom is 0.233 e. The second kappa shape index (κ2) is 8.73. The van der Waals surface area contributed by atoms with Crippen LogP contribution in [-0.2, 0) is 9.59 Å². The molecule has 0 atom stereocenters. The zero-order valence-corrected chi connectivity index (χ0v) is 14.6. The predicted octanol–water partition coefficient (Wildman–Crippen LogP) is 2.56. The fraction of sp³-hybridized carbons (Fsp3) is 0.600. The van der Waals surface area contributed by atoms with Crippen molar-refractivity contribution >= 4 is 29.4 Å². The first kappa shape index (κ1) is 18.4. The van der Waals surface area contributed by atoms with Crippen molar-refractivity contribution in [2.45, 2.75) is 58.1 Å². The number of nitrogens with one attached hydrogen (secondary N) is 1. The highest BCUT2D eigenvalue weighted by Gasteiger charge is 2.20. The van der Waals surface area contributed by atoms with Crippen LogP contribution in [0.4, 0.5) is 5.82 Å². The molecule has 1 N–H and O–H groups in total. The molecule has 0 aromatic carbocycles. The van der Waals surface area contributed by atoms with E-state index in [1.807, 2.05) is 32.6 Å². The zero-order valence-electron chi connectivity index (χ0n) is 13.8. The standard InChI is InChI=1S/C15H24N4O2S/c1-6-13(20)16-12-7-8-14(18-17-12)22-9-15(21)19(10(2)3)11(4)5/h7-8,10-11H,6,9H2,1-5H3,(H,16,17,20). The molecule has 1 aromatic heterocycles. The second-order valence-electron chi connectivity index (χ2n) is 5.44. The van der Waals surface area contributed by atoms with Gasteiger partial charge in [0.1, 0.15) is 5.03 Å². The van der Waals surface area contributed by atoms with E-state index in [0.29, 0.717) is 23.0 Å². The average molecular weight is 324 g/mol. The second-order valence-corrected chi connectivity index (χ2v) is 6.43. The van der Waals surface area contributed by atoms with Gasteiger partial charge in [0.15, 0.2) is 5.82 Å². The Balaban J connectivity index is 2.57. The lowest BCUT2D eigenvalue weighted by atomic mass is 10.2. The minimum absolute atomic E-state index is 0.0835. The molecule has 2 amide bonds. The van der Waals surface area contributed by atoms with Crippen molar-refractivity contribution in [3.63, 3.8) is 0 Å². The Hall–Kier alpha value is -1.63.